The van der Waals surface area contributed by atoms with E-state index in [1.165, 1.54) is 0 Å². The molecule has 0 saturated heterocycles. The molecule has 2 unspecified atom stereocenters. The van der Waals surface area contributed by atoms with E-state index in [2.05, 4.69) is 5.10 Å². The molecule has 4 nitrogen and oxygen atoms in total. The van der Waals surface area contributed by atoms with E-state index in [-0.39, 0.29) is 6.42 Å². The van der Waals surface area contributed by atoms with Gasteiger partial charge in [-0.15, -0.1) is 0 Å². The first-order valence-electron chi connectivity index (χ1n) is 6.09. The maximum Gasteiger partial charge on any atom is 0.130 e. The van der Waals surface area contributed by atoms with Gasteiger partial charge in [0.05, 0.1) is 11.8 Å². The summed E-state index contributed by atoms with van der Waals surface area (Å²) in [5.74, 6) is 0. The van der Waals surface area contributed by atoms with Crippen molar-refractivity contribution in [1.82, 2.24) is 9.78 Å². The van der Waals surface area contributed by atoms with Crippen molar-refractivity contribution in [1.29, 1.82) is 0 Å². The van der Waals surface area contributed by atoms with Crippen LogP contribution >= 0.6 is 11.6 Å². The summed E-state index contributed by atoms with van der Waals surface area (Å²) < 4.78 is 1.56. The zero-order valence-corrected chi connectivity index (χ0v) is 11.7. The fraction of sp³-hybridized carbons (Fsp3) is 0.357. The van der Waals surface area contributed by atoms with Crippen LogP contribution in [0.1, 0.15) is 22.9 Å². The fourth-order valence-electron chi connectivity index (χ4n) is 2.10. The molecule has 0 spiro atoms. The Kier molecular flexibility index (Phi) is 4.24. The van der Waals surface area contributed by atoms with Gasteiger partial charge in [-0.1, -0.05) is 41.9 Å². The van der Waals surface area contributed by atoms with Crippen molar-refractivity contribution in [2.24, 2.45) is 7.05 Å². The SMILES string of the molecule is Cc1nn(C)c(Cl)c1CC(O)C(O)c1ccccc1. The number of halogens is 1. The molecule has 1 heterocycles. The molecule has 0 saturated carbocycles. The minimum Gasteiger partial charge on any atom is -0.390 e. The van der Waals surface area contributed by atoms with E-state index in [4.69, 9.17) is 11.6 Å². The molecule has 0 radical (unpaired) electrons. The van der Waals surface area contributed by atoms with Crippen molar-refractivity contribution < 1.29 is 10.2 Å². The average Bonchev–Trinajstić information content (AvgIpc) is 2.65. The Morgan fingerprint density at radius 3 is 2.42 bits per heavy atom. The minimum absolute atomic E-state index is 0.272. The smallest absolute Gasteiger partial charge is 0.130 e. The Labute approximate surface area is 117 Å². The van der Waals surface area contributed by atoms with Crippen LogP contribution in [0.15, 0.2) is 30.3 Å². The Bertz CT molecular complexity index is 554. The number of aliphatic hydroxyl groups is 2. The zero-order chi connectivity index (χ0) is 14.0. The Hall–Kier alpha value is -1.36. The molecule has 0 aliphatic carbocycles. The predicted molar refractivity (Wildman–Crippen MR) is 74.1 cm³/mol. The van der Waals surface area contributed by atoms with Crippen LogP contribution in [0.25, 0.3) is 0 Å². The highest BCUT2D eigenvalue weighted by Gasteiger charge is 2.22. The van der Waals surface area contributed by atoms with Gasteiger partial charge in [0.25, 0.3) is 0 Å². The van der Waals surface area contributed by atoms with E-state index in [0.29, 0.717) is 10.7 Å². The van der Waals surface area contributed by atoms with Crippen molar-refractivity contribution >= 4 is 11.6 Å². The molecule has 2 N–H and O–H groups in total. The van der Waals surface area contributed by atoms with Gasteiger partial charge in [-0.3, -0.25) is 4.68 Å². The van der Waals surface area contributed by atoms with E-state index in [1.807, 2.05) is 25.1 Å². The molecule has 5 heteroatoms. The first kappa shape index (κ1) is 14.1. The minimum atomic E-state index is -0.933. The van der Waals surface area contributed by atoms with Gasteiger partial charge >= 0.3 is 0 Å². The molecule has 2 aromatic rings. The third-order valence-corrected chi connectivity index (χ3v) is 3.66. The van der Waals surface area contributed by atoms with E-state index in [9.17, 15) is 10.2 Å². The summed E-state index contributed by atoms with van der Waals surface area (Å²) in [6.07, 6.45) is -1.58. The van der Waals surface area contributed by atoms with Crippen molar-refractivity contribution in [3.05, 3.63) is 52.3 Å². The largest absolute Gasteiger partial charge is 0.390 e. The van der Waals surface area contributed by atoms with Gasteiger partial charge in [0.15, 0.2) is 0 Å². The lowest BCUT2D eigenvalue weighted by molar-refractivity contribution is 0.0189. The van der Waals surface area contributed by atoms with Gasteiger partial charge in [0.1, 0.15) is 11.3 Å². The van der Waals surface area contributed by atoms with E-state index in [0.717, 1.165) is 11.3 Å². The summed E-state index contributed by atoms with van der Waals surface area (Å²) in [6, 6.07) is 9.09. The van der Waals surface area contributed by atoms with E-state index < -0.39 is 12.2 Å². The second-order valence-corrected chi connectivity index (χ2v) is 4.96. The van der Waals surface area contributed by atoms with Crippen LogP contribution in [0, 0.1) is 6.92 Å². The second-order valence-electron chi connectivity index (χ2n) is 4.61. The first-order valence-corrected chi connectivity index (χ1v) is 6.47. The number of aliphatic hydroxyl groups excluding tert-OH is 2. The number of hydrogen-bond acceptors (Lipinski definition) is 3. The summed E-state index contributed by atoms with van der Waals surface area (Å²) in [4.78, 5) is 0. The molecule has 2 rings (SSSR count). The summed E-state index contributed by atoms with van der Waals surface area (Å²) in [6.45, 7) is 1.84. The van der Waals surface area contributed by atoms with Crippen LogP contribution in [0.4, 0.5) is 0 Å². The zero-order valence-electron chi connectivity index (χ0n) is 10.9. The molecular formula is C14H17ClN2O2. The highest BCUT2D eigenvalue weighted by atomic mass is 35.5. The first-order chi connectivity index (χ1) is 9.00. The molecular weight excluding hydrogens is 264 g/mol. The molecule has 102 valence electrons. The summed E-state index contributed by atoms with van der Waals surface area (Å²) in [5.41, 5.74) is 2.23. The van der Waals surface area contributed by atoms with Gasteiger partial charge in [0.2, 0.25) is 0 Å². The molecule has 0 fully saturated rings. The number of benzene rings is 1. The van der Waals surface area contributed by atoms with Crippen LogP contribution in [-0.4, -0.2) is 26.1 Å². The van der Waals surface area contributed by atoms with E-state index >= 15 is 0 Å². The third kappa shape index (κ3) is 2.97. The lowest BCUT2D eigenvalue weighted by Gasteiger charge is -2.18. The molecule has 19 heavy (non-hydrogen) atoms. The van der Waals surface area contributed by atoms with Crippen molar-refractivity contribution in [2.75, 3.05) is 0 Å². The van der Waals surface area contributed by atoms with Crippen molar-refractivity contribution in [3.63, 3.8) is 0 Å². The molecule has 0 bridgehead atoms. The van der Waals surface area contributed by atoms with Gasteiger partial charge in [-0.25, -0.2) is 0 Å². The summed E-state index contributed by atoms with van der Waals surface area (Å²) in [5, 5.41) is 24.9. The quantitative estimate of drug-likeness (QED) is 0.901. The van der Waals surface area contributed by atoms with Crippen LogP contribution < -0.4 is 0 Å². The van der Waals surface area contributed by atoms with Crippen molar-refractivity contribution in [3.8, 4) is 0 Å². The Balaban J connectivity index is 2.15. The number of aromatic nitrogens is 2. The number of rotatable bonds is 4. The van der Waals surface area contributed by atoms with E-state index in [1.54, 1.807) is 23.9 Å². The highest BCUT2D eigenvalue weighted by Crippen LogP contribution is 2.25. The highest BCUT2D eigenvalue weighted by molar-refractivity contribution is 6.30. The predicted octanol–water partition coefficient (Wildman–Crippen LogP) is 2.02. The summed E-state index contributed by atoms with van der Waals surface area (Å²) in [7, 11) is 1.75. The summed E-state index contributed by atoms with van der Waals surface area (Å²) >= 11 is 6.12. The molecule has 0 aliphatic heterocycles. The lowest BCUT2D eigenvalue weighted by Crippen LogP contribution is -2.21. The van der Waals surface area contributed by atoms with Crippen LogP contribution in [0.5, 0.6) is 0 Å². The number of aryl methyl sites for hydroxylation is 2. The normalized spacial score (nSPS) is 14.4. The molecule has 0 amide bonds. The van der Waals surface area contributed by atoms with Crippen LogP contribution in [0.3, 0.4) is 0 Å². The standard InChI is InChI=1S/C14H17ClN2O2/c1-9-11(14(15)17(2)16-9)8-12(18)13(19)10-6-4-3-5-7-10/h3-7,12-13,18-19H,8H2,1-2H3. The Morgan fingerprint density at radius 2 is 1.89 bits per heavy atom. The molecule has 2 atom stereocenters. The average molecular weight is 281 g/mol. The van der Waals surface area contributed by atoms with Gasteiger partial charge < -0.3 is 10.2 Å². The maximum absolute atomic E-state index is 10.1. The monoisotopic (exact) mass is 280 g/mol. The van der Waals surface area contributed by atoms with Crippen molar-refractivity contribution in [2.45, 2.75) is 25.6 Å². The molecule has 0 aliphatic rings. The molecule has 1 aromatic heterocycles. The Morgan fingerprint density at radius 1 is 1.26 bits per heavy atom. The number of nitrogens with zero attached hydrogens (tertiary/aromatic N) is 2. The molecule has 1 aromatic carbocycles. The fourth-order valence-corrected chi connectivity index (χ4v) is 2.35. The van der Waals surface area contributed by atoms with Crippen LogP contribution in [-0.2, 0) is 13.5 Å². The number of hydrogen-bond donors (Lipinski definition) is 2. The third-order valence-electron chi connectivity index (χ3n) is 3.19. The maximum atomic E-state index is 10.1. The topological polar surface area (TPSA) is 58.3 Å². The second kappa shape index (κ2) is 5.74. The van der Waals surface area contributed by atoms with Gasteiger partial charge in [0, 0.05) is 19.0 Å². The lowest BCUT2D eigenvalue weighted by atomic mass is 9.99. The van der Waals surface area contributed by atoms with Gasteiger partial charge in [-0.05, 0) is 12.5 Å². The van der Waals surface area contributed by atoms with Gasteiger partial charge in [-0.2, -0.15) is 5.10 Å². The van der Waals surface area contributed by atoms with Crippen LogP contribution in [0.2, 0.25) is 5.15 Å².